The average molecular weight is 413 g/mol. The molecule has 2 heterocycles. The molecular weight excluding hydrogens is 384 g/mol. The molecule has 29 heavy (non-hydrogen) atoms. The summed E-state index contributed by atoms with van der Waals surface area (Å²) in [6.45, 7) is 3.78. The fourth-order valence-corrected chi connectivity index (χ4v) is 6.01. The SMILES string of the molecule is O=C(NCc1ccccc1-c1ccc(CN2CCCC2)cc1)C1CCS(=O)(=O)C1. The molecule has 1 atom stereocenters. The van der Waals surface area contributed by atoms with Crippen LogP contribution >= 0.6 is 0 Å². The van der Waals surface area contributed by atoms with Gasteiger partial charge in [0.05, 0.1) is 17.4 Å². The molecule has 2 aliphatic rings. The first-order chi connectivity index (χ1) is 14.0. The van der Waals surface area contributed by atoms with E-state index >= 15 is 0 Å². The maximum Gasteiger partial charge on any atom is 0.224 e. The van der Waals surface area contributed by atoms with E-state index in [0.29, 0.717) is 13.0 Å². The number of rotatable bonds is 6. The number of benzene rings is 2. The molecule has 1 N–H and O–H groups in total. The highest BCUT2D eigenvalue weighted by atomic mass is 32.2. The third kappa shape index (κ3) is 5.06. The zero-order valence-corrected chi connectivity index (χ0v) is 17.5. The van der Waals surface area contributed by atoms with Crippen molar-refractivity contribution in [3.8, 4) is 11.1 Å². The molecule has 2 aromatic carbocycles. The third-order valence-corrected chi connectivity index (χ3v) is 7.71. The Morgan fingerprint density at radius 2 is 1.76 bits per heavy atom. The van der Waals surface area contributed by atoms with E-state index in [1.807, 2.05) is 18.2 Å². The quantitative estimate of drug-likeness (QED) is 0.792. The number of carbonyl (C=O) groups excluding carboxylic acids is 1. The van der Waals surface area contributed by atoms with Gasteiger partial charge < -0.3 is 5.32 Å². The van der Waals surface area contributed by atoms with Crippen LogP contribution < -0.4 is 5.32 Å². The Morgan fingerprint density at radius 3 is 2.45 bits per heavy atom. The van der Waals surface area contributed by atoms with Crippen LogP contribution in [0.3, 0.4) is 0 Å². The van der Waals surface area contributed by atoms with E-state index in [9.17, 15) is 13.2 Å². The maximum absolute atomic E-state index is 12.4. The Kier molecular flexibility index (Phi) is 6.01. The Labute approximate surface area is 173 Å². The molecule has 0 radical (unpaired) electrons. The molecule has 2 aromatic rings. The number of amides is 1. The van der Waals surface area contributed by atoms with Crippen molar-refractivity contribution in [3.05, 3.63) is 59.7 Å². The highest BCUT2D eigenvalue weighted by Crippen LogP contribution is 2.25. The van der Waals surface area contributed by atoms with E-state index in [2.05, 4.69) is 40.5 Å². The average Bonchev–Trinajstić information content (AvgIpc) is 3.36. The fourth-order valence-electron chi connectivity index (χ4n) is 4.27. The molecule has 6 heteroatoms. The summed E-state index contributed by atoms with van der Waals surface area (Å²) in [5.41, 5.74) is 4.58. The molecule has 2 saturated heterocycles. The van der Waals surface area contributed by atoms with E-state index in [1.54, 1.807) is 0 Å². The van der Waals surface area contributed by atoms with Crippen LogP contribution in [0.2, 0.25) is 0 Å². The van der Waals surface area contributed by atoms with Crippen molar-refractivity contribution in [1.82, 2.24) is 10.2 Å². The second-order valence-corrected chi connectivity index (χ2v) is 10.4. The van der Waals surface area contributed by atoms with Gasteiger partial charge in [-0.1, -0.05) is 48.5 Å². The van der Waals surface area contributed by atoms with Crippen LogP contribution in [-0.2, 0) is 27.7 Å². The second-order valence-electron chi connectivity index (χ2n) is 8.16. The molecule has 2 fully saturated rings. The monoisotopic (exact) mass is 412 g/mol. The van der Waals surface area contributed by atoms with Gasteiger partial charge in [0.1, 0.15) is 0 Å². The van der Waals surface area contributed by atoms with Crippen LogP contribution in [0, 0.1) is 5.92 Å². The van der Waals surface area contributed by atoms with Gasteiger partial charge in [-0.05, 0) is 54.6 Å². The lowest BCUT2D eigenvalue weighted by Gasteiger charge is -2.16. The highest BCUT2D eigenvalue weighted by molar-refractivity contribution is 7.91. The number of nitrogens with zero attached hydrogens (tertiary/aromatic N) is 1. The molecule has 0 aliphatic carbocycles. The zero-order valence-electron chi connectivity index (χ0n) is 16.6. The summed E-state index contributed by atoms with van der Waals surface area (Å²) >= 11 is 0. The Hall–Kier alpha value is -2.18. The van der Waals surface area contributed by atoms with Crippen LogP contribution in [0.15, 0.2) is 48.5 Å². The van der Waals surface area contributed by atoms with Gasteiger partial charge in [-0.3, -0.25) is 9.69 Å². The van der Waals surface area contributed by atoms with Gasteiger partial charge in [-0.25, -0.2) is 8.42 Å². The van der Waals surface area contributed by atoms with Gasteiger partial charge in [0.2, 0.25) is 5.91 Å². The van der Waals surface area contributed by atoms with Crippen molar-refractivity contribution >= 4 is 15.7 Å². The molecular formula is C23H28N2O3S. The summed E-state index contributed by atoms with van der Waals surface area (Å²) in [4.78, 5) is 14.9. The van der Waals surface area contributed by atoms with E-state index < -0.39 is 15.8 Å². The lowest BCUT2D eigenvalue weighted by atomic mass is 9.98. The Bertz CT molecular complexity index is 964. The Balaban J connectivity index is 1.42. The molecule has 154 valence electrons. The van der Waals surface area contributed by atoms with E-state index in [4.69, 9.17) is 0 Å². The van der Waals surface area contributed by atoms with Crippen LogP contribution in [-0.4, -0.2) is 43.8 Å². The summed E-state index contributed by atoms with van der Waals surface area (Å²) in [5, 5.41) is 2.94. The third-order valence-electron chi connectivity index (χ3n) is 5.94. The molecule has 1 amide bonds. The van der Waals surface area contributed by atoms with Crippen molar-refractivity contribution in [2.45, 2.75) is 32.4 Å². The minimum absolute atomic E-state index is 0.0288. The molecule has 2 aliphatic heterocycles. The van der Waals surface area contributed by atoms with Crippen molar-refractivity contribution in [2.75, 3.05) is 24.6 Å². The lowest BCUT2D eigenvalue weighted by Crippen LogP contribution is -2.31. The first-order valence-electron chi connectivity index (χ1n) is 10.4. The number of sulfone groups is 1. The normalized spacial score (nSPS) is 21.3. The molecule has 5 nitrogen and oxygen atoms in total. The van der Waals surface area contributed by atoms with Gasteiger partial charge in [-0.2, -0.15) is 0 Å². The van der Waals surface area contributed by atoms with Gasteiger partial charge >= 0.3 is 0 Å². The van der Waals surface area contributed by atoms with E-state index in [1.165, 1.54) is 31.5 Å². The van der Waals surface area contributed by atoms with Gasteiger partial charge in [0, 0.05) is 13.1 Å². The molecule has 0 spiro atoms. The second kappa shape index (κ2) is 8.67. The van der Waals surface area contributed by atoms with Crippen molar-refractivity contribution < 1.29 is 13.2 Å². The number of hydrogen-bond donors (Lipinski definition) is 1. The minimum Gasteiger partial charge on any atom is -0.352 e. The summed E-state index contributed by atoms with van der Waals surface area (Å²) in [6, 6.07) is 16.7. The molecule has 0 bridgehead atoms. The van der Waals surface area contributed by atoms with Crippen LogP contribution in [0.4, 0.5) is 0 Å². The predicted molar refractivity (Wildman–Crippen MR) is 115 cm³/mol. The zero-order chi connectivity index (χ0) is 20.3. The topological polar surface area (TPSA) is 66.5 Å². The van der Waals surface area contributed by atoms with Crippen LogP contribution in [0.5, 0.6) is 0 Å². The molecule has 4 rings (SSSR count). The van der Waals surface area contributed by atoms with E-state index in [-0.39, 0.29) is 17.4 Å². The minimum atomic E-state index is -3.05. The first kappa shape index (κ1) is 20.1. The predicted octanol–water partition coefficient (Wildman–Crippen LogP) is 3.00. The largest absolute Gasteiger partial charge is 0.352 e. The standard InChI is InChI=1S/C23H28N2O3S/c26-23(21-11-14-29(27,28)17-21)24-15-20-5-1-2-6-22(20)19-9-7-18(8-10-19)16-25-12-3-4-13-25/h1-2,5-10,21H,3-4,11-17H2,(H,24,26). The maximum atomic E-state index is 12.4. The summed E-state index contributed by atoms with van der Waals surface area (Å²) in [6.07, 6.45) is 3.02. The number of likely N-dealkylation sites (tertiary alicyclic amines) is 1. The van der Waals surface area contributed by atoms with E-state index in [0.717, 1.165) is 23.2 Å². The molecule has 0 aromatic heterocycles. The molecule has 1 unspecified atom stereocenters. The van der Waals surface area contributed by atoms with Crippen molar-refractivity contribution in [3.63, 3.8) is 0 Å². The Morgan fingerprint density at radius 1 is 1.03 bits per heavy atom. The molecule has 0 saturated carbocycles. The van der Waals surface area contributed by atoms with Gasteiger partial charge in [0.15, 0.2) is 9.84 Å². The number of hydrogen-bond acceptors (Lipinski definition) is 4. The van der Waals surface area contributed by atoms with Gasteiger partial charge in [0.25, 0.3) is 0 Å². The summed E-state index contributed by atoms with van der Waals surface area (Å²) < 4.78 is 23.2. The smallest absolute Gasteiger partial charge is 0.224 e. The first-order valence-corrected chi connectivity index (χ1v) is 12.2. The van der Waals surface area contributed by atoms with Crippen LogP contribution in [0.25, 0.3) is 11.1 Å². The van der Waals surface area contributed by atoms with Crippen molar-refractivity contribution in [1.29, 1.82) is 0 Å². The highest BCUT2D eigenvalue weighted by Gasteiger charge is 2.32. The number of carbonyl (C=O) groups is 1. The lowest BCUT2D eigenvalue weighted by molar-refractivity contribution is -0.124. The fraction of sp³-hybridized carbons (Fsp3) is 0.435. The van der Waals surface area contributed by atoms with Crippen LogP contribution in [0.1, 0.15) is 30.4 Å². The summed E-state index contributed by atoms with van der Waals surface area (Å²) in [7, 11) is -3.05. The van der Waals surface area contributed by atoms with Gasteiger partial charge in [-0.15, -0.1) is 0 Å². The van der Waals surface area contributed by atoms with Crippen molar-refractivity contribution in [2.24, 2.45) is 5.92 Å². The number of nitrogens with one attached hydrogen (secondary N) is 1. The summed E-state index contributed by atoms with van der Waals surface area (Å²) in [5.74, 6) is -0.497.